The van der Waals surface area contributed by atoms with Crippen LogP contribution < -0.4 is 10.6 Å². The fourth-order valence-corrected chi connectivity index (χ4v) is 2.55. The van der Waals surface area contributed by atoms with Crippen molar-refractivity contribution < 1.29 is 0 Å². The molecule has 0 aromatic carbocycles. The van der Waals surface area contributed by atoms with E-state index in [9.17, 15) is 0 Å². The molecular formula is C14H25IN4. The molecule has 2 unspecified atom stereocenters. The van der Waals surface area contributed by atoms with E-state index < -0.39 is 0 Å². The minimum atomic E-state index is 0. The lowest BCUT2D eigenvalue weighted by Crippen LogP contribution is -2.46. The monoisotopic (exact) mass is 376 g/mol. The molecule has 2 rings (SSSR count). The van der Waals surface area contributed by atoms with Gasteiger partial charge in [0.25, 0.3) is 0 Å². The Morgan fingerprint density at radius 3 is 2.74 bits per heavy atom. The Hall–Kier alpha value is -0.480. The van der Waals surface area contributed by atoms with Gasteiger partial charge in [0.05, 0.1) is 0 Å². The fourth-order valence-electron chi connectivity index (χ4n) is 2.55. The molecule has 5 heteroatoms. The molecule has 2 atom stereocenters. The maximum atomic E-state index is 5.26. The standard InChI is InChI=1S/C14H24N4.HI/c1-4-8-16-14(15-5-2)17-13-10-18(9-11(13)3)12-6-7-12;/h1,11-13H,5-10H2,2-3H3,(H2,15,16,17);1H. The van der Waals surface area contributed by atoms with Gasteiger partial charge in [0.2, 0.25) is 0 Å². The summed E-state index contributed by atoms with van der Waals surface area (Å²) in [5, 5.41) is 6.77. The third-order valence-corrected chi connectivity index (χ3v) is 3.70. The molecule has 19 heavy (non-hydrogen) atoms. The Labute approximate surface area is 133 Å². The van der Waals surface area contributed by atoms with E-state index >= 15 is 0 Å². The molecule has 4 nitrogen and oxygen atoms in total. The minimum Gasteiger partial charge on any atom is -0.357 e. The quantitative estimate of drug-likeness (QED) is 0.336. The van der Waals surface area contributed by atoms with E-state index in [1.165, 1.54) is 19.4 Å². The maximum Gasteiger partial charge on any atom is 0.192 e. The first-order valence-electron chi connectivity index (χ1n) is 6.97. The molecule has 1 aliphatic heterocycles. The van der Waals surface area contributed by atoms with Crippen LogP contribution in [0, 0.1) is 18.3 Å². The normalized spacial score (nSPS) is 27.5. The van der Waals surface area contributed by atoms with Gasteiger partial charge in [-0.2, -0.15) is 0 Å². The van der Waals surface area contributed by atoms with Gasteiger partial charge < -0.3 is 10.6 Å². The Morgan fingerprint density at radius 2 is 2.16 bits per heavy atom. The van der Waals surface area contributed by atoms with Crippen LogP contribution >= 0.6 is 24.0 Å². The number of hydrogen-bond donors (Lipinski definition) is 2. The van der Waals surface area contributed by atoms with Crippen LogP contribution in [-0.2, 0) is 0 Å². The van der Waals surface area contributed by atoms with Crippen LogP contribution in [0.1, 0.15) is 26.7 Å². The second-order valence-electron chi connectivity index (χ2n) is 5.31. The molecule has 1 saturated heterocycles. The van der Waals surface area contributed by atoms with Gasteiger partial charge in [-0.25, -0.2) is 4.99 Å². The van der Waals surface area contributed by atoms with Crippen LogP contribution in [0.3, 0.4) is 0 Å². The summed E-state index contributed by atoms with van der Waals surface area (Å²) in [7, 11) is 0. The average molecular weight is 376 g/mol. The van der Waals surface area contributed by atoms with E-state index in [2.05, 4.69) is 40.3 Å². The predicted octanol–water partition coefficient (Wildman–Crippen LogP) is 1.28. The maximum absolute atomic E-state index is 5.26. The van der Waals surface area contributed by atoms with Crippen molar-refractivity contribution in [1.29, 1.82) is 0 Å². The van der Waals surface area contributed by atoms with Crippen LogP contribution in [-0.4, -0.2) is 49.1 Å². The topological polar surface area (TPSA) is 39.7 Å². The fraction of sp³-hybridized carbons (Fsp3) is 0.786. The Kier molecular flexibility index (Phi) is 6.94. The molecule has 2 aliphatic rings. The second kappa shape index (κ2) is 7.95. The number of terminal acetylenes is 1. The molecule has 108 valence electrons. The molecule has 2 fully saturated rings. The number of guanidine groups is 1. The minimum absolute atomic E-state index is 0. The highest BCUT2D eigenvalue weighted by Crippen LogP contribution is 2.31. The van der Waals surface area contributed by atoms with Gasteiger partial charge in [0, 0.05) is 31.7 Å². The molecule has 0 amide bonds. The Bertz CT molecular complexity index is 346. The second-order valence-corrected chi connectivity index (χ2v) is 5.31. The van der Waals surface area contributed by atoms with E-state index in [1.54, 1.807) is 0 Å². The predicted molar refractivity (Wildman–Crippen MR) is 90.9 cm³/mol. The van der Waals surface area contributed by atoms with Crippen molar-refractivity contribution >= 4 is 29.9 Å². The van der Waals surface area contributed by atoms with Crippen LogP contribution in [0.5, 0.6) is 0 Å². The zero-order valence-electron chi connectivity index (χ0n) is 11.9. The van der Waals surface area contributed by atoms with Gasteiger partial charge in [-0.3, -0.25) is 4.90 Å². The van der Waals surface area contributed by atoms with E-state index in [-0.39, 0.29) is 24.0 Å². The summed E-state index contributed by atoms with van der Waals surface area (Å²) >= 11 is 0. The molecule has 1 aliphatic carbocycles. The molecule has 0 radical (unpaired) electrons. The van der Waals surface area contributed by atoms with Gasteiger partial charge in [-0.1, -0.05) is 12.8 Å². The van der Waals surface area contributed by atoms with Gasteiger partial charge >= 0.3 is 0 Å². The number of hydrogen-bond acceptors (Lipinski definition) is 2. The highest BCUT2D eigenvalue weighted by atomic mass is 127. The Balaban J connectivity index is 0.00000180. The SMILES string of the molecule is C#CCN=C(NCC)NC1CN(C2CC2)CC1C.I. The Morgan fingerprint density at radius 1 is 1.42 bits per heavy atom. The van der Waals surface area contributed by atoms with E-state index in [4.69, 9.17) is 6.42 Å². The zero-order chi connectivity index (χ0) is 13.0. The van der Waals surface area contributed by atoms with Crippen molar-refractivity contribution in [1.82, 2.24) is 15.5 Å². The largest absolute Gasteiger partial charge is 0.357 e. The van der Waals surface area contributed by atoms with Crippen molar-refractivity contribution in [3.63, 3.8) is 0 Å². The summed E-state index contributed by atoms with van der Waals surface area (Å²) in [5.41, 5.74) is 0. The zero-order valence-corrected chi connectivity index (χ0v) is 14.2. The van der Waals surface area contributed by atoms with Gasteiger partial charge in [0.15, 0.2) is 5.96 Å². The number of nitrogens with zero attached hydrogens (tertiary/aromatic N) is 2. The third kappa shape index (κ3) is 4.84. The highest BCUT2D eigenvalue weighted by Gasteiger charge is 2.38. The van der Waals surface area contributed by atoms with Crippen molar-refractivity contribution in [2.45, 2.75) is 38.8 Å². The highest BCUT2D eigenvalue weighted by molar-refractivity contribution is 14.0. The number of nitrogens with one attached hydrogen (secondary N) is 2. The molecule has 0 bridgehead atoms. The lowest BCUT2D eigenvalue weighted by atomic mass is 10.1. The van der Waals surface area contributed by atoms with Gasteiger partial charge in [-0.15, -0.1) is 30.4 Å². The summed E-state index contributed by atoms with van der Waals surface area (Å²) < 4.78 is 0. The molecule has 1 saturated carbocycles. The number of halogens is 1. The van der Waals surface area contributed by atoms with E-state index in [0.717, 1.165) is 25.1 Å². The molecule has 2 N–H and O–H groups in total. The molecule has 1 heterocycles. The average Bonchev–Trinajstić information content (AvgIpc) is 3.13. The third-order valence-electron chi connectivity index (χ3n) is 3.70. The van der Waals surface area contributed by atoms with Crippen LogP contribution in [0.4, 0.5) is 0 Å². The van der Waals surface area contributed by atoms with Crippen LogP contribution in [0.25, 0.3) is 0 Å². The summed E-state index contributed by atoms with van der Waals surface area (Å²) in [6, 6.07) is 1.34. The molecule has 0 spiro atoms. The first-order chi connectivity index (χ1) is 8.74. The van der Waals surface area contributed by atoms with Crippen molar-refractivity contribution in [3.05, 3.63) is 0 Å². The lowest BCUT2D eigenvalue weighted by Gasteiger charge is -2.20. The van der Waals surface area contributed by atoms with Crippen LogP contribution in [0.2, 0.25) is 0 Å². The summed E-state index contributed by atoms with van der Waals surface area (Å²) in [6.07, 6.45) is 8.02. The summed E-state index contributed by atoms with van der Waals surface area (Å²) in [5.74, 6) is 4.07. The smallest absolute Gasteiger partial charge is 0.192 e. The van der Waals surface area contributed by atoms with E-state index in [0.29, 0.717) is 18.5 Å². The first-order valence-corrected chi connectivity index (χ1v) is 6.97. The number of rotatable bonds is 4. The number of likely N-dealkylation sites (tertiary alicyclic amines) is 1. The molecule has 0 aromatic rings. The molecule has 0 aromatic heterocycles. The van der Waals surface area contributed by atoms with E-state index in [1.807, 2.05) is 0 Å². The van der Waals surface area contributed by atoms with Crippen molar-refractivity contribution in [2.75, 3.05) is 26.2 Å². The van der Waals surface area contributed by atoms with Gasteiger partial charge in [-0.05, 0) is 25.7 Å². The van der Waals surface area contributed by atoms with Crippen molar-refractivity contribution in [2.24, 2.45) is 10.9 Å². The van der Waals surface area contributed by atoms with Crippen molar-refractivity contribution in [3.8, 4) is 12.3 Å². The number of aliphatic imine (C=N–C) groups is 1. The van der Waals surface area contributed by atoms with Crippen LogP contribution in [0.15, 0.2) is 4.99 Å². The summed E-state index contributed by atoms with van der Waals surface area (Å²) in [6.45, 7) is 8.02. The lowest BCUT2D eigenvalue weighted by molar-refractivity contribution is 0.315. The first kappa shape index (κ1) is 16.6. The summed E-state index contributed by atoms with van der Waals surface area (Å²) in [4.78, 5) is 6.96. The molecular weight excluding hydrogens is 351 g/mol. The van der Waals surface area contributed by atoms with Gasteiger partial charge in [0.1, 0.15) is 6.54 Å².